The van der Waals surface area contributed by atoms with Crippen molar-refractivity contribution in [1.82, 2.24) is 4.98 Å². The first-order valence-corrected chi connectivity index (χ1v) is 3.83. The highest BCUT2D eigenvalue weighted by Crippen LogP contribution is 2.29. The molecule has 0 fully saturated rings. The van der Waals surface area contributed by atoms with Crippen LogP contribution in [0.5, 0.6) is 0 Å². The minimum absolute atomic E-state index is 0.0845. The Kier molecular flexibility index (Phi) is 3.20. The third kappa shape index (κ3) is 1.83. The predicted octanol–water partition coefficient (Wildman–Crippen LogP) is 1.61. The summed E-state index contributed by atoms with van der Waals surface area (Å²) in [6, 6.07) is 1.26. The molecule has 16 heavy (non-hydrogen) atoms. The van der Waals surface area contributed by atoms with E-state index in [1.807, 2.05) is 0 Å². The molecule has 0 radical (unpaired) electrons. The number of aromatic nitrogens is 1. The molecular formula is C8H3F2N3O3. The normalized spacial score (nSPS) is 9.88. The molecule has 6 nitrogen and oxygen atoms in total. The van der Waals surface area contributed by atoms with Crippen molar-refractivity contribution in [3.8, 4) is 6.07 Å². The van der Waals surface area contributed by atoms with Crippen LogP contribution in [0.2, 0.25) is 0 Å². The van der Waals surface area contributed by atoms with Crippen LogP contribution in [-0.4, -0.2) is 16.2 Å². The Morgan fingerprint density at radius 3 is 2.62 bits per heavy atom. The van der Waals surface area contributed by atoms with Crippen molar-refractivity contribution in [2.75, 3.05) is 0 Å². The second-order valence-corrected chi connectivity index (χ2v) is 2.61. The van der Waals surface area contributed by atoms with Crippen LogP contribution in [0.4, 0.5) is 14.5 Å². The molecule has 8 heteroatoms. The number of carbonyl (C=O) groups is 1. The van der Waals surface area contributed by atoms with Crippen LogP contribution in [0.1, 0.15) is 28.0 Å². The molecule has 0 aliphatic carbocycles. The number of nitrogens with zero attached hydrogens (tertiary/aromatic N) is 3. The van der Waals surface area contributed by atoms with Gasteiger partial charge in [-0.05, 0) is 0 Å². The zero-order valence-corrected chi connectivity index (χ0v) is 7.55. The van der Waals surface area contributed by atoms with Crippen LogP contribution in [0.25, 0.3) is 0 Å². The Bertz CT molecular complexity index is 496. The molecule has 0 amide bonds. The summed E-state index contributed by atoms with van der Waals surface area (Å²) in [4.78, 5) is 23.1. The highest BCUT2D eigenvalue weighted by Gasteiger charge is 2.28. The number of hydrogen-bond acceptors (Lipinski definition) is 5. The summed E-state index contributed by atoms with van der Waals surface area (Å²) < 4.78 is 24.7. The average molecular weight is 227 g/mol. The predicted molar refractivity (Wildman–Crippen MR) is 46.0 cm³/mol. The summed E-state index contributed by atoms with van der Waals surface area (Å²) in [7, 11) is 0. The molecule has 1 aromatic rings. The largest absolute Gasteiger partial charge is 0.301 e. The number of nitriles is 1. The van der Waals surface area contributed by atoms with E-state index in [1.165, 1.54) is 6.07 Å². The maximum atomic E-state index is 12.4. The molecule has 0 aliphatic rings. The van der Waals surface area contributed by atoms with Gasteiger partial charge < -0.3 is 0 Å². The van der Waals surface area contributed by atoms with Crippen molar-refractivity contribution >= 4 is 12.0 Å². The van der Waals surface area contributed by atoms with E-state index in [2.05, 4.69) is 4.98 Å². The van der Waals surface area contributed by atoms with Crippen molar-refractivity contribution in [2.45, 2.75) is 6.43 Å². The highest BCUT2D eigenvalue weighted by atomic mass is 19.3. The van der Waals surface area contributed by atoms with Crippen molar-refractivity contribution in [2.24, 2.45) is 0 Å². The Hall–Kier alpha value is -2.43. The quantitative estimate of drug-likeness (QED) is 0.443. The maximum Gasteiger partial charge on any atom is 0.301 e. The second-order valence-electron chi connectivity index (χ2n) is 2.61. The van der Waals surface area contributed by atoms with Gasteiger partial charge in [-0.15, -0.1) is 0 Å². The monoisotopic (exact) mass is 227 g/mol. The Morgan fingerprint density at radius 2 is 2.25 bits per heavy atom. The van der Waals surface area contributed by atoms with E-state index in [4.69, 9.17) is 5.26 Å². The lowest BCUT2D eigenvalue weighted by Gasteiger charge is -2.03. The number of aldehydes is 1. The van der Waals surface area contributed by atoms with E-state index < -0.39 is 33.9 Å². The molecule has 0 spiro atoms. The fourth-order valence-electron chi connectivity index (χ4n) is 1.09. The molecule has 0 aliphatic heterocycles. The fourth-order valence-corrected chi connectivity index (χ4v) is 1.09. The molecule has 0 atom stereocenters. The number of pyridine rings is 1. The topological polar surface area (TPSA) is 96.9 Å². The van der Waals surface area contributed by atoms with Gasteiger partial charge >= 0.3 is 5.69 Å². The third-order valence-electron chi connectivity index (χ3n) is 1.74. The van der Waals surface area contributed by atoms with Gasteiger partial charge in [0.25, 0.3) is 6.43 Å². The first-order chi connectivity index (χ1) is 7.52. The van der Waals surface area contributed by atoms with Gasteiger partial charge in [0.1, 0.15) is 17.3 Å². The van der Waals surface area contributed by atoms with E-state index in [-0.39, 0.29) is 6.29 Å². The molecule has 0 unspecified atom stereocenters. The van der Waals surface area contributed by atoms with Gasteiger partial charge in [-0.1, -0.05) is 0 Å². The Morgan fingerprint density at radius 1 is 1.62 bits per heavy atom. The van der Waals surface area contributed by atoms with E-state index >= 15 is 0 Å². The number of halogens is 2. The van der Waals surface area contributed by atoms with Crippen LogP contribution in [0.3, 0.4) is 0 Å². The second kappa shape index (κ2) is 4.39. The van der Waals surface area contributed by atoms with Gasteiger partial charge in [0.15, 0.2) is 11.8 Å². The molecule has 82 valence electrons. The van der Waals surface area contributed by atoms with Gasteiger partial charge in [0.05, 0.1) is 4.92 Å². The summed E-state index contributed by atoms with van der Waals surface area (Å²) in [6.07, 6.45) is -2.39. The molecule has 1 rings (SSSR count). The van der Waals surface area contributed by atoms with Crippen LogP contribution in [0.15, 0.2) is 6.20 Å². The Labute approximate surface area is 87.3 Å². The first-order valence-electron chi connectivity index (χ1n) is 3.83. The minimum Gasteiger partial charge on any atom is -0.298 e. The average Bonchev–Trinajstić information content (AvgIpc) is 2.26. The molecule has 0 saturated carbocycles. The van der Waals surface area contributed by atoms with Crippen LogP contribution >= 0.6 is 0 Å². The summed E-state index contributed by atoms with van der Waals surface area (Å²) in [5.41, 5.74) is -3.34. The van der Waals surface area contributed by atoms with Crippen LogP contribution < -0.4 is 0 Å². The van der Waals surface area contributed by atoms with Gasteiger partial charge in [0.2, 0.25) is 0 Å². The first kappa shape index (κ1) is 11.6. The number of carbonyl (C=O) groups excluding carboxylic acids is 1. The van der Waals surface area contributed by atoms with Crippen molar-refractivity contribution in [1.29, 1.82) is 5.26 Å². The smallest absolute Gasteiger partial charge is 0.298 e. The summed E-state index contributed by atoms with van der Waals surface area (Å²) in [5.74, 6) is 0. The number of nitro groups is 1. The van der Waals surface area contributed by atoms with E-state index in [9.17, 15) is 23.7 Å². The number of hydrogen-bond donors (Lipinski definition) is 0. The zero-order valence-electron chi connectivity index (χ0n) is 7.55. The van der Waals surface area contributed by atoms with E-state index in [1.54, 1.807) is 0 Å². The standard InChI is InChI=1S/C8H3F2N3O3/c9-8(10)6-5(1-11)7(13(15)16)4(3-14)2-12-6/h2-3,8H. The number of alkyl halides is 2. The molecule has 1 aromatic heterocycles. The Balaban J connectivity index is 3.64. The van der Waals surface area contributed by atoms with Crippen molar-refractivity contribution < 1.29 is 18.5 Å². The molecule has 0 saturated heterocycles. The lowest BCUT2D eigenvalue weighted by Crippen LogP contribution is -2.04. The molecule has 0 N–H and O–H groups in total. The van der Waals surface area contributed by atoms with Crippen molar-refractivity contribution in [3.05, 3.63) is 33.1 Å². The van der Waals surface area contributed by atoms with Crippen LogP contribution in [-0.2, 0) is 0 Å². The molecule has 1 heterocycles. The summed E-state index contributed by atoms with van der Waals surface area (Å²) >= 11 is 0. The third-order valence-corrected chi connectivity index (χ3v) is 1.74. The van der Waals surface area contributed by atoms with Gasteiger partial charge in [-0.2, -0.15) is 5.26 Å². The van der Waals surface area contributed by atoms with Crippen molar-refractivity contribution in [3.63, 3.8) is 0 Å². The van der Waals surface area contributed by atoms with E-state index in [0.29, 0.717) is 6.20 Å². The van der Waals surface area contributed by atoms with Gasteiger partial charge in [-0.3, -0.25) is 19.9 Å². The fraction of sp³-hybridized carbons (Fsp3) is 0.125. The molecular weight excluding hydrogens is 224 g/mol. The van der Waals surface area contributed by atoms with Gasteiger partial charge in [-0.25, -0.2) is 8.78 Å². The molecule has 0 aromatic carbocycles. The zero-order chi connectivity index (χ0) is 12.3. The SMILES string of the molecule is N#Cc1c(C(F)F)ncc(C=O)c1[N+](=O)[O-]. The highest BCUT2D eigenvalue weighted by molar-refractivity contribution is 5.83. The lowest BCUT2D eigenvalue weighted by atomic mass is 10.1. The van der Waals surface area contributed by atoms with Gasteiger partial charge in [0, 0.05) is 6.20 Å². The summed E-state index contributed by atoms with van der Waals surface area (Å²) in [5, 5.41) is 19.1. The minimum atomic E-state index is -3.12. The van der Waals surface area contributed by atoms with E-state index in [0.717, 1.165) is 0 Å². The summed E-state index contributed by atoms with van der Waals surface area (Å²) in [6.45, 7) is 0. The number of rotatable bonds is 3. The maximum absolute atomic E-state index is 12.4. The molecule has 0 bridgehead atoms. The van der Waals surface area contributed by atoms with Crippen LogP contribution in [0, 0.1) is 21.4 Å². The lowest BCUT2D eigenvalue weighted by molar-refractivity contribution is -0.385.